The van der Waals surface area contributed by atoms with Crippen LogP contribution in [-0.2, 0) is 38.4 Å². The number of benzene rings is 1. The van der Waals surface area contributed by atoms with Crippen LogP contribution >= 0.6 is 0 Å². The number of rotatable bonds is 10. The lowest BCUT2D eigenvalue weighted by Gasteiger charge is -2.24. The molecule has 208 valence electrons. The molecular formula is C26H26F4N4O4S. The standard InChI is InChI=1S/C26H26F4N4O4S/c1-4-38-24-13-31-12-19(32-24)16-6-5-15(18(27)9-16)10-22(35)25(2,3)20-11-21(26(28,29)30)34-23(33-20)14-39(36,37)17-7-8-17/h5-6,9,11-13,17H,4,7-8,10,14H2,1-3H3. The van der Waals surface area contributed by atoms with Gasteiger partial charge in [-0.05, 0) is 51.3 Å². The molecule has 0 N–H and O–H groups in total. The van der Waals surface area contributed by atoms with Crippen molar-refractivity contribution in [1.82, 2.24) is 19.9 Å². The maximum Gasteiger partial charge on any atom is 0.433 e. The molecule has 2 heterocycles. The van der Waals surface area contributed by atoms with Crippen LogP contribution in [0.5, 0.6) is 5.88 Å². The van der Waals surface area contributed by atoms with Gasteiger partial charge in [0.05, 0.1) is 41.1 Å². The Morgan fingerprint density at radius 3 is 2.36 bits per heavy atom. The number of sulfone groups is 1. The fraction of sp³-hybridized carbons (Fsp3) is 0.423. The zero-order chi connectivity index (χ0) is 28.6. The largest absolute Gasteiger partial charge is 0.477 e. The van der Waals surface area contributed by atoms with Crippen LogP contribution in [0.15, 0.2) is 36.7 Å². The predicted octanol–water partition coefficient (Wildman–Crippen LogP) is 4.66. The monoisotopic (exact) mass is 566 g/mol. The van der Waals surface area contributed by atoms with Gasteiger partial charge >= 0.3 is 6.18 Å². The number of aromatic nitrogens is 4. The smallest absolute Gasteiger partial charge is 0.433 e. The van der Waals surface area contributed by atoms with Crippen LogP contribution in [0.3, 0.4) is 0 Å². The number of hydrogen-bond acceptors (Lipinski definition) is 8. The minimum absolute atomic E-state index is 0.0207. The van der Waals surface area contributed by atoms with Crippen molar-refractivity contribution in [2.24, 2.45) is 0 Å². The summed E-state index contributed by atoms with van der Waals surface area (Å²) < 4.78 is 85.9. The Hall–Kier alpha value is -3.48. The molecule has 2 aromatic heterocycles. The van der Waals surface area contributed by atoms with Crippen molar-refractivity contribution in [2.75, 3.05) is 6.61 Å². The molecule has 1 fully saturated rings. The Bertz CT molecular complexity index is 1510. The van der Waals surface area contributed by atoms with Crippen LogP contribution < -0.4 is 4.74 Å². The minimum Gasteiger partial charge on any atom is -0.477 e. The van der Waals surface area contributed by atoms with E-state index in [1.54, 1.807) is 13.0 Å². The lowest BCUT2D eigenvalue weighted by molar-refractivity contribution is -0.141. The van der Waals surface area contributed by atoms with E-state index in [0.717, 1.165) is 0 Å². The Balaban J connectivity index is 1.60. The molecule has 3 aromatic rings. The number of hydrogen-bond donors (Lipinski definition) is 0. The molecule has 1 saturated carbocycles. The average Bonchev–Trinajstić information content (AvgIpc) is 3.71. The Labute approximate surface area is 222 Å². The van der Waals surface area contributed by atoms with Crippen LogP contribution in [0.25, 0.3) is 11.3 Å². The van der Waals surface area contributed by atoms with E-state index in [1.807, 2.05) is 0 Å². The van der Waals surface area contributed by atoms with Crippen LogP contribution in [0.2, 0.25) is 0 Å². The summed E-state index contributed by atoms with van der Waals surface area (Å²) >= 11 is 0. The van der Waals surface area contributed by atoms with Crippen molar-refractivity contribution in [3.63, 3.8) is 0 Å². The summed E-state index contributed by atoms with van der Waals surface area (Å²) in [7, 11) is -3.72. The Kier molecular flexibility index (Phi) is 7.75. The van der Waals surface area contributed by atoms with Gasteiger partial charge in [-0.25, -0.2) is 27.8 Å². The summed E-state index contributed by atoms with van der Waals surface area (Å²) in [5.41, 5.74) is -2.48. The van der Waals surface area contributed by atoms with Gasteiger partial charge in [0.25, 0.3) is 0 Å². The highest BCUT2D eigenvalue weighted by molar-refractivity contribution is 7.91. The van der Waals surface area contributed by atoms with E-state index < -0.39 is 62.0 Å². The van der Waals surface area contributed by atoms with Gasteiger partial charge in [-0.2, -0.15) is 13.2 Å². The fourth-order valence-corrected chi connectivity index (χ4v) is 5.42. The third kappa shape index (κ3) is 6.57. The highest BCUT2D eigenvalue weighted by Gasteiger charge is 2.40. The second kappa shape index (κ2) is 10.6. The first-order valence-electron chi connectivity index (χ1n) is 12.1. The summed E-state index contributed by atoms with van der Waals surface area (Å²) in [6, 6.07) is 4.76. The molecule has 1 aliphatic carbocycles. The van der Waals surface area contributed by atoms with Crippen LogP contribution in [0, 0.1) is 5.82 Å². The predicted molar refractivity (Wildman–Crippen MR) is 133 cm³/mol. The first-order chi connectivity index (χ1) is 18.2. The number of halogens is 4. The van der Waals surface area contributed by atoms with Gasteiger partial charge in [0.1, 0.15) is 28.9 Å². The van der Waals surface area contributed by atoms with E-state index in [1.165, 1.54) is 38.4 Å². The molecule has 0 unspecified atom stereocenters. The van der Waals surface area contributed by atoms with Crippen LogP contribution in [0.4, 0.5) is 17.6 Å². The molecule has 0 bridgehead atoms. The number of carbonyl (C=O) groups excluding carboxylic acids is 1. The van der Waals surface area contributed by atoms with Crippen LogP contribution in [-0.4, -0.2) is 46.0 Å². The highest BCUT2D eigenvalue weighted by Crippen LogP contribution is 2.34. The third-order valence-corrected chi connectivity index (χ3v) is 8.52. The number of carbonyl (C=O) groups is 1. The Morgan fingerprint density at radius 2 is 1.74 bits per heavy atom. The topological polar surface area (TPSA) is 112 Å². The molecule has 8 nitrogen and oxygen atoms in total. The molecule has 1 aliphatic rings. The molecule has 0 radical (unpaired) electrons. The van der Waals surface area contributed by atoms with E-state index in [9.17, 15) is 26.4 Å². The average molecular weight is 567 g/mol. The summed E-state index contributed by atoms with van der Waals surface area (Å²) in [5, 5.41) is -0.618. The molecule has 1 aromatic carbocycles. The van der Waals surface area contributed by atoms with Gasteiger partial charge in [0.15, 0.2) is 9.84 Å². The zero-order valence-electron chi connectivity index (χ0n) is 21.4. The molecule has 0 spiro atoms. The summed E-state index contributed by atoms with van der Waals surface area (Å²) in [6.07, 6.45) is -1.60. The second-order valence-corrected chi connectivity index (χ2v) is 12.0. The van der Waals surface area contributed by atoms with Gasteiger partial charge in [-0.1, -0.05) is 12.1 Å². The molecule has 0 amide bonds. The summed E-state index contributed by atoms with van der Waals surface area (Å²) in [4.78, 5) is 29.0. The number of Topliss-reactive ketones (excluding diaryl/α,β-unsaturated/α-hetero) is 1. The van der Waals surface area contributed by atoms with Crippen LogP contribution in [0.1, 0.15) is 56.4 Å². The van der Waals surface area contributed by atoms with Crippen molar-refractivity contribution in [2.45, 2.75) is 62.6 Å². The van der Waals surface area contributed by atoms with Crippen molar-refractivity contribution in [3.05, 3.63) is 65.3 Å². The van der Waals surface area contributed by atoms with E-state index in [0.29, 0.717) is 36.8 Å². The fourth-order valence-electron chi connectivity index (χ4n) is 3.84. The second-order valence-electron chi connectivity index (χ2n) is 9.77. The van der Waals surface area contributed by atoms with Crippen molar-refractivity contribution in [1.29, 1.82) is 0 Å². The van der Waals surface area contributed by atoms with Gasteiger partial charge in [0, 0.05) is 12.0 Å². The quantitative estimate of drug-likeness (QED) is 0.326. The van der Waals surface area contributed by atoms with Crippen molar-refractivity contribution >= 4 is 15.6 Å². The maximum absolute atomic E-state index is 15.0. The summed E-state index contributed by atoms with van der Waals surface area (Å²) in [5.74, 6) is -2.35. The number of ether oxygens (including phenoxy) is 1. The molecule has 4 rings (SSSR count). The normalized spacial score (nSPS) is 14.3. The first-order valence-corrected chi connectivity index (χ1v) is 13.9. The van der Waals surface area contributed by atoms with Crippen molar-refractivity contribution in [3.8, 4) is 17.1 Å². The summed E-state index contributed by atoms with van der Waals surface area (Å²) in [6.45, 7) is 4.87. The molecule has 13 heteroatoms. The lowest BCUT2D eigenvalue weighted by Crippen LogP contribution is -2.33. The SMILES string of the molecule is CCOc1cncc(-c2ccc(CC(=O)C(C)(C)c3cc(C(F)(F)F)nc(CS(=O)(=O)C4CC4)n3)c(F)c2)n1. The molecule has 0 atom stereocenters. The number of alkyl halides is 3. The van der Waals surface area contributed by atoms with Gasteiger partial charge in [-0.15, -0.1) is 0 Å². The van der Waals surface area contributed by atoms with E-state index in [-0.39, 0.29) is 17.1 Å². The molecule has 39 heavy (non-hydrogen) atoms. The minimum atomic E-state index is -4.89. The lowest BCUT2D eigenvalue weighted by atomic mass is 9.81. The number of nitrogens with zero attached hydrogens (tertiary/aromatic N) is 4. The van der Waals surface area contributed by atoms with E-state index in [4.69, 9.17) is 4.74 Å². The first kappa shape index (κ1) is 28.5. The van der Waals surface area contributed by atoms with Crippen molar-refractivity contribution < 1.29 is 35.5 Å². The zero-order valence-corrected chi connectivity index (χ0v) is 22.2. The third-order valence-electron chi connectivity index (χ3n) is 6.37. The number of ketones is 1. The molecule has 0 saturated heterocycles. The highest BCUT2D eigenvalue weighted by atomic mass is 32.2. The Morgan fingerprint density at radius 1 is 1.05 bits per heavy atom. The van der Waals surface area contributed by atoms with E-state index >= 15 is 4.39 Å². The van der Waals surface area contributed by atoms with Gasteiger partial charge in [-0.3, -0.25) is 9.78 Å². The van der Waals surface area contributed by atoms with Gasteiger partial charge in [0.2, 0.25) is 5.88 Å². The molecular weight excluding hydrogens is 540 g/mol. The van der Waals surface area contributed by atoms with E-state index in [2.05, 4.69) is 19.9 Å². The molecule has 0 aliphatic heterocycles. The maximum atomic E-state index is 15.0. The van der Waals surface area contributed by atoms with Gasteiger partial charge < -0.3 is 4.74 Å².